The molecule has 4 nitrogen and oxygen atoms in total. The number of rotatable bonds is 4. The lowest BCUT2D eigenvalue weighted by Gasteiger charge is -2.03. The predicted octanol–water partition coefficient (Wildman–Crippen LogP) is 2.76. The van der Waals surface area contributed by atoms with Gasteiger partial charge in [-0.15, -0.1) is 0 Å². The van der Waals surface area contributed by atoms with E-state index >= 15 is 0 Å². The van der Waals surface area contributed by atoms with E-state index in [9.17, 15) is 4.79 Å². The van der Waals surface area contributed by atoms with Crippen LogP contribution in [-0.4, -0.2) is 20.5 Å². The quantitative estimate of drug-likeness (QED) is 0.808. The van der Waals surface area contributed by atoms with Gasteiger partial charge in [0, 0.05) is 13.2 Å². The predicted molar refractivity (Wildman–Crippen MR) is 74.6 cm³/mol. The van der Waals surface area contributed by atoms with Crippen molar-refractivity contribution in [3.8, 4) is 0 Å². The zero-order chi connectivity index (χ0) is 14.0. The van der Waals surface area contributed by atoms with Crippen LogP contribution in [0.1, 0.15) is 34.4 Å². The number of carbonyl (C=O) groups is 1. The molecule has 0 amide bonds. The lowest BCUT2D eigenvalue weighted by Crippen LogP contribution is -2.10. The third-order valence-corrected chi connectivity index (χ3v) is 3.47. The Hall–Kier alpha value is -1.68. The Kier molecular flexibility index (Phi) is 4.00. The minimum absolute atomic E-state index is 0.0451. The standard InChI is InChI=1S/C14H16ClN3O/c1-4-10-14(15)12(18(3)17-10)8-13(19)11-7-9(2)5-6-16-11/h5-7H,4,8H2,1-3H3. The van der Waals surface area contributed by atoms with Crippen LogP contribution in [0.15, 0.2) is 18.3 Å². The molecule has 0 atom stereocenters. The van der Waals surface area contributed by atoms with Crippen molar-refractivity contribution in [2.75, 3.05) is 0 Å². The Morgan fingerprint density at radius 3 is 2.79 bits per heavy atom. The lowest BCUT2D eigenvalue weighted by atomic mass is 10.1. The number of aromatic nitrogens is 3. The number of ketones is 1. The molecule has 0 saturated heterocycles. The van der Waals surface area contributed by atoms with Crippen molar-refractivity contribution in [1.29, 1.82) is 0 Å². The second-order valence-corrected chi connectivity index (χ2v) is 4.88. The zero-order valence-electron chi connectivity index (χ0n) is 11.3. The maximum Gasteiger partial charge on any atom is 0.187 e. The van der Waals surface area contributed by atoms with E-state index in [1.807, 2.05) is 19.9 Å². The Bertz CT molecular complexity index is 619. The molecule has 0 radical (unpaired) electrons. The normalized spacial score (nSPS) is 10.7. The molecule has 0 bridgehead atoms. The third-order valence-electron chi connectivity index (χ3n) is 3.03. The monoisotopic (exact) mass is 277 g/mol. The lowest BCUT2D eigenvalue weighted by molar-refractivity contribution is 0.0986. The summed E-state index contributed by atoms with van der Waals surface area (Å²) < 4.78 is 1.68. The van der Waals surface area contributed by atoms with E-state index in [0.29, 0.717) is 10.7 Å². The van der Waals surface area contributed by atoms with Crippen molar-refractivity contribution in [1.82, 2.24) is 14.8 Å². The van der Waals surface area contributed by atoms with Crippen LogP contribution in [0.25, 0.3) is 0 Å². The molecule has 2 aromatic heterocycles. The molecule has 0 aliphatic carbocycles. The summed E-state index contributed by atoms with van der Waals surface area (Å²) in [6.07, 6.45) is 2.62. The second kappa shape index (κ2) is 5.53. The summed E-state index contributed by atoms with van der Waals surface area (Å²) >= 11 is 6.24. The molecule has 0 aromatic carbocycles. The number of nitrogens with zero attached hydrogens (tertiary/aromatic N) is 3. The number of carbonyl (C=O) groups excluding carboxylic acids is 1. The third kappa shape index (κ3) is 2.84. The van der Waals surface area contributed by atoms with Gasteiger partial charge in [-0.25, -0.2) is 0 Å². The maximum absolute atomic E-state index is 12.2. The highest BCUT2D eigenvalue weighted by Crippen LogP contribution is 2.22. The van der Waals surface area contributed by atoms with E-state index in [1.165, 1.54) is 0 Å². The Morgan fingerprint density at radius 2 is 2.21 bits per heavy atom. The number of Topliss-reactive ketones (excluding diaryl/α,β-unsaturated/α-hetero) is 1. The van der Waals surface area contributed by atoms with Gasteiger partial charge in [-0.05, 0) is 31.0 Å². The van der Waals surface area contributed by atoms with Gasteiger partial charge in [0.05, 0.1) is 22.8 Å². The molecule has 2 heterocycles. The molecule has 5 heteroatoms. The topological polar surface area (TPSA) is 47.8 Å². The SMILES string of the molecule is CCc1nn(C)c(CC(=O)c2cc(C)ccn2)c1Cl. The second-order valence-electron chi connectivity index (χ2n) is 4.50. The minimum atomic E-state index is -0.0451. The highest BCUT2D eigenvalue weighted by atomic mass is 35.5. The fraction of sp³-hybridized carbons (Fsp3) is 0.357. The average Bonchev–Trinajstić information content (AvgIpc) is 2.66. The van der Waals surface area contributed by atoms with Crippen molar-refractivity contribution in [3.05, 3.63) is 46.0 Å². The number of hydrogen-bond donors (Lipinski definition) is 0. The van der Waals surface area contributed by atoms with Crippen molar-refractivity contribution in [2.45, 2.75) is 26.7 Å². The van der Waals surface area contributed by atoms with Crippen molar-refractivity contribution in [3.63, 3.8) is 0 Å². The molecule has 2 rings (SSSR count). The van der Waals surface area contributed by atoms with E-state index in [1.54, 1.807) is 24.0 Å². The van der Waals surface area contributed by atoms with Crippen LogP contribution in [0.5, 0.6) is 0 Å². The smallest absolute Gasteiger partial charge is 0.187 e. The fourth-order valence-electron chi connectivity index (χ4n) is 1.94. The molecule has 0 aliphatic heterocycles. The first-order valence-corrected chi connectivity index (χ1v) is 6.56. The van der Waals surface area contributed by atoms with Crippen LogP contribution in [0.4, 0.5) is 0 Å². The molecule has 19 heavy (non-hydrogen) atoms. The number of aryl methyl sites for hydroxylation is 3. The molecule has 0 N–H and O–H groups in total. The van der Waals surface area contributed by atoms with Gasteiger partial charge in [-0.1, -0.05) is 18.5 Å². The number of hydrogen-bond acceptors (Lipinski definition) is 3. The summed E-state index contributed by atoms with van der Waals surface area (Å²) in [6, 6.07) is 3.65. The summed E-state index contributed by atoms with van der Waals surface area (Å²) in [5.41, 5.74) is 3.05. The molecule has 2 aromatic rings. The first-order chi connectivity index (χ1) is 9.02. The van der Waals surface area contributed by atoms with Gasteiger partial charge < -0.3 is 0 Å². The summed E-state index contributed by atoms with van der Waals surface area (Å²) in [4.78, 5) is 16.3. The fourth-order valence-corrected chi connectivity index (χ4v) is 2.30. The van der Waals surface area contributed by atoms with Gasteiger partial charge in [0.25, 0.3) is 0 Å². The average molecular weight is 278 g/mol. The van der Waals surface area contributed by atoms with Gasteiger partial charge in [0.1, 0.15) is 5.69 Å². The zero-order valence-corrected chi connectivity index (χ0v) is 12.0. The molecule has 0 spiro atoms. The molecule has 0 unspecified atom stereocenters. The highest BCUT2D eigenvalue weighted by molar-refractivity contribution is 6.32. The van der Waals surface area contributed by atoms with Crippen LogP contribution in [0.3, 0.4) is 0 Å². The van der Waals surface area contributed by atoms with Crippen molar-refractivity contribution >= 4 is 17.4 Å². The maximum atomic E-state index is 12.2. The van der Waals surface area contributed by atoms with Crippen LogP contribution in [-0.2, 0) is 19.9 Å². The van der Waals surface area contributed by atoms with E-state index in [2.05, 4.69) is 10.1 Å². The van der Waals surface area contributed by atoms with E-state index in [0.717, 1.165) is 23.4 Å². The Labute approximate surface area is 117 Å². The molecular formula is C14H16ClN3O. The van der Waals surface area contributed by atoms with Gasteiger partial charge in [-0.3, -0.25) is 14.5 Å². The summed E-state index contributed by atoms with van der Waals surface area (Å²) in [5, 5.41) is 4.89. The van der Waals surface area contributed by atoms with Gasteiger partial charge in [-0.2, -0.15) is 5.10 Å². The molecule has 100 valence electrons. The van der Waals surface area contributed by atoms with E-state index in [4.69, 9.17) is 11.6 Å². The van der Waals surface area contributed by atoms with Crippen molar-refractivity contribution < 1.29 is 4.79 Å². The molecular weight excluding hydrogens is 262 g/mol. The van der Waals surface area contributed by atoms with Crippen molar-refractivity contribution in [2.24, 2.45) is 7.05 Å². The Morgan fingerprint density at radius 1 is 1.47 bits per heavy atom. The van der Waals surface area contributed by atoms with Gasteiger partial charge in [0.15, 0.2) is 5.78 Å². The minimum Gasteiger partial charge on any atom is -0.292 e. The molecule has 0 aliphatic rings. The summed E-state index contributed by atoms with van der Waals surface area (Å²) in [5.74, 6) is -0.0451. The first-order valence-electron chi connectivity index (χ1n) is 6.19. The van der Waals surface area contributed by atoms with E-state index < -0.39 is 0 Å². The van der Waals surface area contributed by atoms with E-state index in [-0.39, 0.29) is 12.2 Å². The summed E-state index contributed by atoms with van der Waals surface area (Å²) in [6.45, 7) is 3.92. The Balaban J connectivity index is 2.27. The van der Waals surface area contributed by atoms with Crippen LogP contribution in [0.2, 0.25) is 5.02 Å². The molecule has 0 saturated carbocycles. The molecule has 0 fully saturated rings. The van der Waals surface area contributed by atoms with Crippen LogP contribution in [0, 0.1) is 6.92 Å². The van der Waals surface area contributed by atoms with Crippen LogP contribution >= 0.6 is 11.6 Å². The van der Waals surface area contributed by atoms with Gasteiger partial charge in [0.2, 0.25) is 0 Å². The number of pyridine rings is 1. The van der Waals surface area contributed by atoms with Gasteiger partial charge >= 0.3 is 0 Å². The van der Waals surface area contributed by atoms with Crippen LogP contribution < -0.4 is 0 Å². The number of halogens is 1. The first kappa shape index (κ1) is 13.7. The highest BCUT2D eigenvalue weighted by Gasteiger charge is 2.17. The largest absolute Gasteiger partial charge is 0.292 e. The summed E-state index contributed by atoms with van der Waals surface area (Å²) in [7, 11) is 1.80.